The zero-order valence-electron chi connectivity index (χ0n) is 11.1. The van der Waals surface area contributed by atoms with E-state index in [1.807, 2.05) is 31.2 Å². The summed E-state index contributed by atoms with van der Waals surface area (Å²) in [5, 5.41) is 0. The lowest BCUT2D eigenvalue weighted by atomic mass is 10.3. The lowest BCUT2D eigenvalue weighted by Gasteiger charge is -2.19. The molecule has 1 aromatic carbocycles. The normalized spacial score (nSPS) is 15.8. The number of carbonyl (C=O) groups is 2. The second kappa shape index (κ2) is 5.79. The summed E-state index contributed by atoms with van der Waals surface area (Å²) < 4.78 is 0. The summed E-state index contributed by atoms with van der Waals surface area (Å²) in [6.45, 7) is 3.68. The third-order valence-corrected chi connectivity index (χ3v) is 3.99. The fourth-order valence-electron chi connectivity index (χ4n) is 1.67. The van der Waals surface area contributed by atoms with E-state index in [0.717, 1.165) is 21.2 Å². The quantitative estimate of drug-likeness (QED) is 0.563. The molecule has 1 aromatic rings. The van der Waals surface area contributed by atoms with Crippen LogP contribution in [0.1, 0.15) is 13.8 Å². The molecule has 0 fully saturated rings. The van der Waals surface area contributed by atoms with Crippen LogP contribution >= 0.6 is 11.8 Å². The van der Waals surface area contributed by atoms with E-state index in [0.29, 0.717) is 5.70 Å². The monoisotopic (exact) mass is 290 g/mol. The van der Waals surface area contributed by atoms with Crippen LogP contribution < -0.4 is 16.6 Å². The van der Waals surface area contributed by atoms with Crippen LogP contribution in [-0.2, 0) is 9.59 Å². The van der Waals surface area contributed by atoms with Crippen LogP contribution in [0.3, 0.4) is 0 Å². The summed E-state index contributed by atoms with van der Waals surface area (Å²) in [5.41, 5.74) is 12.2. The summed E-state index contributed by atoms with van der Waals surface area (Å²) in [7, 11) is 0. The van der Waals surface area contributed by atoms with Crippen LogP contribution in [0, 0.1) is 0 Å². The van der Waals surface area contributed by atoms with Gasteiger partial charge in [-0.25, -0.2) is 0 Å². The number of aliphatic imine (C=N–C) groups is 1. The minimum absolute atomic E-state index is 0.695. The number of hydrogen-bond acceptors (Lipinski definition) is 5. The van der Waals surface area contributed by atoms with Gasteiger partial charge in [-0.3, -0.25) is 20.0 Å². The molecule has 1 heterocycles. The highest BCUT2D eigenvalue weighted by Crippen LogP contribution is 2.40. The van der Waals surface area contributed by atoms with Gasteiger partial charge >= 0.3 is 11.8 Å². The van der Waals surface area contributed by atoms with Crippen LogP contribution in [0.5, 0.6) is 0 Å². The van der Waals surface area contributed by atoms with Crippen LogP contribution in [-0.4, -0.2) is 17.5 Å². The second-order valence-electron chi connectivity index (χ2n) is 4.16. The van der Waals surface area contributed by atoms with Gasteiger partial charge in [0.05, 0.1) is 16.3 Å². The molecular weight excluding hydrogens is 276 g/mol. The van der Waals surface area contributed by atoms with Crippen LogP contribution in [0.25, 0.3) is 0 Å². The summed E-state index contributed by atoms with van der Waals surface area (Å²) in [5.74, 6) is -1.93. The van der Waals surface area contributed by atoms with Gasteiger partial charge in [0.1, 0.15) is 0 Å². The van der Waals surface area contributed by atoms with Crippen molar-refractivity contribution in [3.63, 3.8) is 0 Å². The molecule has 0 saturated carbocycles. The molecule has 0 unspecified atom stereocenters. The Morgan fingerprint density at radius 2 is 1.95 bits per heavy atom. The molecule has 104 valence electrons. The van der Waals surface area contributed by atoms with Gasteiger partial charge in [-0.05, 0) is 26.0 Å². The average molecular weight is 290 g/mol. The van der Waals surface area contributed by atoms with Crippen molar-refractivity contribution in [3.05, 3.63) is 34.9 Å². The zero-order chi connectivity index (χ0) is 14.7. The number of rotatable bonds is 2. The number of nitrogens with two attached hydrogens (primary N) is 1. The molecule has 0 bridgehead atoms. The van der Waals surface area contributed by atoms with Gasteiger partial charge in [0.25, 0.3) is 0 Å². The van der Waals surface area contributed by atoms with E-state index in [-0.39, 0.29) is 0 Å². The molecule has 1 aliphatic heterocycles. The van der Waals surface area contributed by atoms with Crippen molar-refractivity contribution in [1.29, 1.82) is 0 Å². The maximum Gasteiger partial charge on any atom is 0.327 e. The molecule has 6 nitrogen and oxygen atoms in total. The number of amides is 2. The molecule has 2 rings (SSSR count). The van der Waals surface area contributed by atoms with Crippen molar-refractivity contribution in [3.8, 4) is 0 Å². The molecule has 0 radical (unpaired) electrons. The molecule has 0 aromatic heterocycles. The Kier molecular flexibility index (Phi) is 4.09. The number of fused-ring (bicyclic) bond motifs is 1. The molecule has 0 atom stereocenters. The molecule has 0 spiro atoms. The van der Waals surface area contributed by atoms with E-state index in [4.69, 9.17) is 5.73 Å². The van der Waals surface area contributed by atoms with Crippen molar-refractivity contribution in [2.75, 3.05) is 0 Å². The van der Waals surface area contributed by atoms with Gasteiger partial charge < -0.3 is 11.2 Å². The van der Waals surface area contributed by atoms with E-state index in [1.54, 1.807) is 18.7 Å². The third-order valence-electron chi connectivity index (χ3n) is 2.62. The van der Waals surface area contributed by atoms with E-state index in [9.17, 15) is 9.59 Å². The van der Waals surface area contributed by atoms with Crippen LogP contribution in [0.4, 0.5) is 5.69 Å². The van der Waals surface area contributed by atoms with E-state index >= 15 is 0 Å². The number of primary amides is 1. The van der Waals surface area contributed by atoms with E-state index in [2.05, 4.69) is 15.8 Å². The number of thioether (sulfide) groups is 1. The Morgan fingerprint density at radius 1 is 1.25 bits per heavy atom. The molecule has 20 heavy (non-hydrogen) atoms. The van der Waals surface area contributed by atoms with Gasteiger partial charge in [-0.15, -0.1) is 0 Å². The average Bonchev–Trinajstić information content (AvgIpc) is 2.43. The Hall–Kier alpha value is -2.28. The topological polar surface area (TPSA) is 96.6 Å². The number of benzene rings is 1. The number of hydrogen-bond donors (Lipinski definition) is 3. The van der Waals surface area contributed by atoms with Gasteiger partial charge in [0, 0.05) is 10.6 Å². The van der Waals surface area contributed by atoms with Crippen molar-refractivity contribution < 1.29 is 9.59 Å². The summed E-state index contributed by atoms with van der Waals surface area (Å²) in [6, 6.07) is 7.80. The lowest BCUT2D eigenvalue weighted by Crippen LogP contribution is -2.43. The molecular formula is C13H14N4O2S. The first-order chi connectivity index (χ1) is 9.49. The Labute approximate surface area is 120 Å². The largest absolute Gasteiger partial charge is 0.361 e. The number of carbonyl (C=O) groups excluding carboxylic acids is 2. The summed E-state index contributed by atoms with van der Waals surface area (Å²) >= 11 is 1.55. The van der Waals surface area contributed by atoms with Crippen molar-refractivity contribution in [1.82, 2.24) is 10.9 Å². The minimum atomic E-state index is -1.04. The third kappa shape index (κ3) is 3.00. The Balaban J connectivity index is 2.19. The van der Waals surface area contributed by atoms with Crippen LogP contribution in [0.2, 0.25) is 0 Å². The maximum atomic E-state index is 11.1. The summed E-state index contributed by atoms with van der Waals surface area (Å²) in [4.78, 5) is 28.2. The van der Waals surface area contributed by atoms with Gasteiger partial charge in [0.2, 0.25) is 0 Å². The molecule has 0 saturated heterocycles. The fourth-order valence-corrected chi connectivity index (χ4v) is 2.65. The van der Waals surface area contributed by atoms with E-state index < -0.39 is 11.8 Å². The molecule has 0 aliphatic carbocycles. The first-order valence-electron chi connectivity index (χ1n) is 5.88. The van der Waals surface area contributed by atoms with Gasteiger partial charge in [-0.2, -0.15) is 0 Å². The molecule has 2 amide bonds. The lowest BCUT2D eigenvalue weighted by molar-refractivity contribution is -0.137. The summed E-state index contributed by atoms with van der Waals surface area (Å²) in [6.07, 6.45) is 0. The highest BCUT2D eigenvalue weighted by atomic mass is 32.2. The Bertz CT molecular complexity index is 637. The van der Waals surface area contributed by atoms with Crippen molar-refractivity contribution in [2.24, 2.45) is 10.7 Å². The Morgan fingerprint density at radius 3 is 2.65 bits per heavy atom. The molecule has 4 N–H and O–H groups in total. The van der Waals surface area contributed by atoms with Gasteiger partial charge in [0.15, 0.2) is 0 Å². The number of hydrazine groups is 1. The van der Waals surface area contributed by atoms with Crippen molar-refractivity contribution >= 4 is 35.0 Å². The SMILES string of the molecule is CC1=Nc2ccccc2SC1=C(C)NNC(=O)C(N)=O. The first kappa shape index (κ1) is 14.1. The second-order valence-corrected chi connectivity index (χ2v) is 5.22. The first-order valence-corrected chi connectivity index (χ1v) is 6.70. The standard InChI is InChI=1S/C13H14N4O2S/c1-7-11(8(2)16-17-13(19)12(14)18)20-10-6-4-3-5-9(10)15-7/h3-6,16H,1-2H3,(H2,14,18)(H,17,19). The number of nitrogens with one attached hydrogen (secondary N) is 2. The van der Waals surface area contributed by atoms with E-state index in [1.165, 1.54) is 0 Å². The highest BCUT2D eigenvalue weighted by molar-refractivity contribution is 8.04. The number of nitrogens with zero attached hydrogens (tertiary/aromatic N) is 1. The maximum absolute atomic E-state index is 11.1. The predicted octanol–water partition coefficient (Wildman–Crippen LogP) is 1.22. The predicted molar refractivity (Wildman–Crippen MR) is 78.2 cm³/mol. The molecule has 1 aliphatic rings. The van der Waals surface area contributed by atoms with Crippen LogP contribution in [0.15, 0.2) is 44.8 Å². The smallest absolute Gasteiger partial charge is 0.327 e. The minimum Gasteiger partial charge on any atom is -0.361 e. The molecule has 7 heteroatoms. The number of para-hydroxylation sites is 1. The highest BCUT2D eigenvalue weighted by Gasteiger charge is 2.17. The fraction of sp³-hybridized carbons (Fsp3) is 0.154. The van der Waals surface area contributed by atoms with Crippen molar-refractivity contribution in [2.45, 2.75) is 18.7 Å². The zero-order valence-corrected chi connectivity index (χ0v) is 11.9. The van der Waals surface area contributed by atoms with Gasteiger partial charge in [-0.1, -0.05) is 23.9 Å². The number of allylic oxidation sites excluding steroid dienone is 2.